The van der Waals surface area contributed by atoms with Gasteiger partial charge >= 0.3 is 0 Å². The second-order valence-corrected chi connectivity index (χ2v) is 4.29. The van der Waals surface area contributed by atoms with Crippen LogP contribution in [0.3, 0.4) is 0 Å². The van der Waals surface area contributed by atoms with Gasteiger partial charge in [-0.05, 0) is 31.4 Å². The van der Waals surface area contributed by atoms with Crippen molar-refractivity contribution in [2.24, 2.45) is 11.0 Å². The van der Waals surface area contributed by atoms with Gasteiger partial charge in [0.25, 0.3) is 0 Å². The van der Waals surface area contributed by atoms with E-state index < -0.39 is 0 Å². The quantitative estimate of drug-likeness (QED) is 0.623. The highest BCUT2D eigenvalue weighted by Crippen LogP contribution is 2.28. The fourth-order valence-corrected chi connectivity index (χ4v) is 1.61. The molecule has 1 aliphatic rings. The predicted molar refractivity (Wildman–Crippen MR) is 66.5 cm³/mol. The summed E-state index contributed by atoms with van der Waals surface area (Å²) in [6, 6.07) is 3.83. The van der Waals surface area contributed by atoms with E-state index >= 15 is 0 Å². The molecule has 90 valence electrons. The third-order valence-electron chi connectivity index (χ3n) is 2.75. The minimum Gasteiger partial charge on any atom is -0.273 e. The minimum absolute atomic E-state index is 0.0488. The topological polar surface area (TPSA) is 54.4 Å². The van der Waals surface area contributed by atoms with Gasteiger partial charge in [-0.15, -0.1) is 0 Å². The van der Waals surface area contributed by atoms with Crippen LogP contribution in [0.5, 0.6) is 0 Å². The minimum atomic E-state index is 0.0488. The molecule has 17 heavy (non-hydrogen) atoms. The zero-order chi connectivity index (χ0) is 12.1. The van der Waals surface area contributed by atoms with Gasteiger partial charge in [-0.1, -0.05) is 13.3 Å². The largest absolute Gasteiger partial charge is 0.273 e. The SMILES string of the molecule is CCCC(=NNC(=O)C1CC1)c1ccncc1. The maximum Gasteiger partial charge on any atom is 0.243 e. The number of pyridine rings is 1. The zero-order valence-corrected chi connectivity index (χ0v) is 10.0. The molecule has 2 rings (SSSR count). The molecule has 4 heteroatoms. The Kier molecular flexibility index (Phi) is 3.85. The Morgan fingerprint density at radius 1 is 1.47 bits per heavy atom. The van der Waals surface area contributed by atoms with Crippen LogP contribution in [0.2, 0.25) is 0 Å². The lowest BCUT2D eigenvalue weighted by Gasteiger charge is -2.05. The average molecular weight is 231 g/mol. The van der Waals surface area contributed by atoms with Crippen LogP contribution in [-0.2, 0) is 4.79 Å². The Balaban J connectivity index is 2.05. The highest BCUT2D eigenvalue weighted by atomic mass is 16.2. The van der Waals surface area contributed by atoms with Crippen molar-refractivity contribution in [3.05, 3.63) is 30.1 Å². The first kappa shape index (κ1) is 11.8. The molecule has 1 fully saturated rings. The normalized spacial score (nSPS) is 15.7. The lowest BCUT2D eigenvalue weighted by Crippen LogP contribution is -2.21. The summed E-state index contributed by atoms with van der Waals surface area (Å²) in [6.45, 7) is 2.10. The highest BCUT2D eigenvalue weighted by Gasteiger charge is 2.29. The van der Waals surface area contributed by atoms with Gasteiger partial charge in [-0.3, -0.25) is 9.78 Å². The van der Waals surface area contributed by atoms with E-state index in [9.17, 15) is 4.79 Å². The maximum atomic E-state index is 11.5. The Morgan fingerprint density at radius 2 is 2.18 bits per heavy atom. The maximum absolute atomic E-state index is 11.5. The third kappa shape index (κ3) is 3.37. The molecule has 1 N–H and O–H groups in total. The molecule has 0 aromatic carbocycles. The van der Waals surface area contributed by atoms with Crippen molar-refractivity contribution in [2.45, 2.75) is 32.6 Å². The summed E-state index contributed by atoms with van der Waals surface area (Å²) in [7, 11) is 0. The lowest BCUT2D eigenvalue weighted by atomic mass is 10.1. The monoisotopic (exact) mass is 231 g/mol. The molecule has 0 spiro atoms. The molecule has 0 atom stereocenters. The first-order valence-corrected chi connectivity index (χ1v) is 6.08. The average Bonchev–Trinajstić information content (AvgIpc) is 3.19. The van der Waals surface area contributed by atoms with Crippen LogP contribution in [0.15, 0.2) is 29.6 Å². The number of hydrogen-bond acceptors (Lipinski definition) is 3. The van der Waals surface area contributed by atoms with E-state index in [1.807, 2.05) is 12.1 Å². The lowest BCUT2D eigenvalue weighted by molar-refractivity contribution is -0.122. The summed E-state index contributed by atoms with van der Waals surface area (Å²) >= 11 is 0. The number of amides is 1. The first-order chi connectivity index (χ1) is 8.31. The number of carbonyl (C=O) groups excluding carboxylic acids is 1. The number of nitrogens with zero attached hydrogens (tertiary/aromatic N) is 2. The summed E-state index contributed by atoms with van der Waals surface area (Å²) in [5.41, 5.74) is 4.60. The van der Waals surface area contributed by atoms with Gasteiger partial charge < -0.3 is 0 Å². The number of nitrogens with one attached hydrogen (secondary N) is 1. The second-order valence-electron chi connectivity index (χ2n) is 4.29. The van der Waals surface area contributed by atoms with Crippen molar-refractivity contribution in [3.8, 4) is 0 Å². The van der Waals surface area contributed by atoms with Crippen LogP contribution in [0.4, 0.5) is 0 Å². The van der Waals surface area contributed by atoms with Gasteiger partial charge in [0.1, 0.15) is 0 Å². The van der Waals surface area contributed by atoms with Crippen molar-refractivity contribution in [3.63, 3.8) is 0 Å². The number of aromatic nitrogens is 1. The Bertz CT molecular complexity index is 410. The summed E-state index contributed by atoms with van der Waals surface area (Å²) < 4.78 is 0. The van der Waals surface area contributed by atoms with Gasteiger partial charge in [0.2, 0.25) is 5.91 Å². The van der Waals surface area contributed by atoms with Crippen molar-refractivity contribution < 1.29 is 4.79 Å². The van der Waals surface area contributed by atoms with E-state index in [2.05, 4.69) is 22.4 Å². The van der Waals surface area contributed by atoms with E-state index in [0.717, 1.165) is 37.0 Å². The molecule has 0 bridgehead atoms. The fraction of sp³-hybridized carbons (Fsp3) is 0.462. The Labute approximate surface area is 101 Å². The number of carbonyl (C=O) groups is 1. The molecule has 0 saturated heterocycles. The van der Waals surface area contributed by atoms with Crippen LogP contribution in [0.25, 0.3) is 0 Å². The van der Waals surface area contributed by atoms with Gasteiger partial charge in [-0.2, -0.15) is 5.10 Å². The first-order valence-electron chi connectivity index (χ1n) is 6.08. The smallest absolute Gasteiger partial charge is 0.243 e. The van der Waals surface area contributed by atoms with Crippen LogP contribution >= 0.6 is 0 Å². The van der Waals surface area contributed by atoms with E-state index in [1.165, 1.54) is 0 Å². The molecule has 1 aromatic rings. The molecule has 0 unspecified atom stereocenters. The van der Waals surface area contributed by atoms with Crippen LogP contribution < -0.4 is 5.43 Å². The van der Waals surface area contributed by atoms with Crippen LogP contribution in [0, 0.1) is 5.92 Å². The number of hydrazone groups is 1. The standard InChI is InChI=1S/C13H17N3O/c1-2-3-12(10-6-8-14-9-7-10)15-16-13(17)11-4-5-11/h6-9,11H,2-5H2,1H3,(H,16,17). The van der Waals surface area contributed by atoms with Gasteiger partial charge in [-0.25, -0.2) is 5.43 Å². The molecule has 0 aliphatic heterocycles. The van der Waals surface area contributed by atoms with Crippen molar-refractivity contribution in [1.82, 2.24) is 10.4 Å². The van der Waals surface area contributed by atoms with Gasteiger partial charge in [0.05, 0.1) is 5.71 Å². The summed E-state index contributed by atoms with van der Waals surface area (Å²) in [5.74, 6) is 0.242. The van der Waals surface area contributed by atoms with Crippen molar-refractivity contribution in [1.29, 1.82) is 0 Å². The molecule has 0 radical (unpaired) electrons. The number of hydrogen-bond donors (Lipinski definition) is 1. The molecular weight excluding hydrogens is 214 g/mol. The molecule has 1 aliphatic carbocycles. The Hall–Kier alpha value is -1.71. The summed E-state index contributed by atoms with van der Waals surface area (Å²) in [5, 5.41) is 4.23. The predicted octanol–water partition coefficient (Wildman–Crippen LogP) is 2.11. The zero-order valence-electron chi connectivity index (χ0n) is 10.0. The number of rotatable bonds is 5. The molecule has 1 amide bonds. The summed E-state index contributed by atoms with van der Waals surface area (Å²) in [6.07, 6.45) is 7.33. The van der Waals surface area contributed by atoms with Crippen molar-refractivity contribution in [2.75, 3.05) is 0 Å². The van der Waals surface area contributed by atoms with Crippen LogP contribution in [-0.4, -0.2) is 16.6 Å². The third-order valence-corrected chi connectivity index (χ3v) is 2.75. The van der Waals surface area contributed by atoms with Crippen LogP contribution in [0.1, 0.15) is 38.2 Å². The van der Waals surface area contributed by atoms with Gasteiger partial charge in [0, 0.05) is 23.9 Å². The molecule has 1 heterocycles. The summed E-state index contributed by atoms with van der Waals surface area (Å²) in [4.78, 5) is 15.5. The van der Waals surface area contributed by atoms with E-state index in [4.69, 9.17) is 0 Å². The van der Waals surface area contributed by atoms with E-state index in [-0.39, 0.29) is 11.8 Å². The second kappa shape index (κ2) is 5.57. The van der Waals surface area contributed by atoms with Gasteiger partial charge in [0.15, 0.2) is 0 Å². The van der Waals surface area contributed by atoms with Crippen molar-refractivity contribution >= 4 is 11.6 Å². The Morgan fingerprint density at radius 3 is 2.76 bits per heavy atom. The van der Waals surface area contributed by atoms with E-state index in [0.29, 0.717) is 0 Å². The molecular formula is C13H17N3O. The molecule has 1 aromatic heterocycles. The fourth-order valence-electron chi connectivity index (χ4n) is 1.61. The van der Waals surface area contributed by atoms with E-state index in [1.54, 1.807) is 12.4 Å². The highest BCUT2D eigenvalue weighted by molar-refractivity contribution is 6.01. The molecule has 1 saturated carbocycles. The molecule has 4 nitrogen and oxygen atoms in total.